The number of halogens is 1. The Bertz CT molecular complexity index is 728. The summed E-state index contributed by atoms with van der Waals surface area (Å²) >= 11 is 0. The lowest BCUT2D eigenvalue weighted by atomic mass is 9.96. The molecule has 5 heteroatoms. The van der Waals surface area contributed by atoms with Gasteiger partial charge in [-0.25, -0.2) is 4.39 Å². The minimum absolute atomic E-state index is 0.218. The van der Waals surface area contributed by atoms with Crippen LogP contribution in [0.3, 0.4) is 0 Å². The summed E-state index contributed by atoms with van der Waals surface area (Å²) in [6.45, 7) is 0.979. The number of hydrogen-bond donors (Lipinski definition) is 2. The zero-order valence-corrected chi connectivity index (χ0v) is 14.5. The van der Waals surface area contributed by atoms with Crippen molar-refractivity contribution >= 4 is 5.96 Å². The normalized spacial score (nSPS) is 14.7. The highest BCUT2D eigenvalue weighted by atomic mass is 19.1. The van der Waals surface area contributed by atoms with E-state index in [2.05, 4.69) is 15.6 Å². The Balaban J connectivity index is 1.55. The van der Waals surface area contributed by atoms with Crippen molar-refractivity contribution in [2.45, 2.75) is 38.5 Å². The molecule has 0 unspecified atom stereocenters. The minimum Gasteiger partial charge on any atom is -0.490 e. The lowest BCUT2D eigenvalue weighted by Crippen LogP contribution is -2.36. The van der Waals surface area contributed by atoms with Crippen molar-refractivity contribution in [3.8, 4) is 5.75 Å². The molecule has 0 aromatic heterocycles. The monoisotopic (exact) mass is 341 g/mol. The predicted molar refractivity (Wildman–Crippen MR) is 98.1 cm³/mol. The van der Waals surface area contributed by atoms with Crippen molar-refractivity contribution in [1.29, 1.82) is 0 Å². The summed E-state index contributed by atoms with van der Waals surface area (Å²) in [4.78, 5) is 4.20. The molecule has 0 spiro atoms. The second kappa shape index (κ2) is 8.51. The first-order chi connectivity index (χ1) is 12.3. The molecule has 0 bridgehead atoms. The van der Waals surface area contributed by atoms with Gasteiger partial charge in [-0.3, -0.25) is 4.99 Å². The van der Waals surface area contributed by atoms with Gasteiger partial charge in [0.1, 0.15) is 11.6 Å². The summed E-state index contributed by atoms with van der Waals surface area (Å²) in [5.41, 5.74) is 1.70. The molecule has 0 atom stereocenters. The first-order valence-corrected chi connectivity index (χ1v) is 8.69. The van der Waals surface area contributed by atoms with Gasteiger partial charge in [-0.05, 0) is 31.4 Å². The molecule has 0 radical (unpaired) electrons. The van der Waals surface area contributed by atoms with Crippen LogP contribution in [-0.2, 0) is 13.1 Å². The third-order valence-electron chi connectivity index (χ3n) is 4.39. The summed E-state index contributed by atoms with van der Waals surface area (Å²) in [6, 6.07) is 14.8. The Hall–Kier alpha value is -2.56. The molecule has 4 nitrogen and oxygen atoms in total. The molecule has 132 valence electrons. The van der Waals surface area contributed by atoms with Gasteiger partial charge in [0.25, 0.3) is 0 Å². The van der Waals surface area contributed by atoms with E-state index in [9.17, 15) is 4.39 Å². The van der Waals surface area contributed by atoms with Crippen LogP contribution in [0.5, 0.6) is 5.75 Å². The van der Waals surface area contributed by atoms with E-state index in [1.165, 1.54) is 12.5 Å². The van der Waals surface area contributed by atoms with E-state index in [1.54, 1.807) is 19.2 Å². The smallest absolute Gasteiger partial charge is 0.191 e. The van der Waals surface area contributed by atoms with E-state index in [4.69, 9.17) is 4.74 Å². The molecule has 25 heavy (non-hydrogen) atoms. The van der Waals surface area contributed by atoms with E-state index >= 15 is 0 Å². The highest BCUT2D eigenvalue weighted by molar-refractivity contribution is 5.79. The van der Waals surface area contributed by atoms with Crippen LogP contribution in [0.25, 0.3) is 0 Å². The van der Waals surface area contributed by atoms with Gasteiger partial charge in [-0.1, -0.05) is 36.4 Å². The molecule has 1 aliphatic rings. The molecule has 2 aromatic carbocycles. The fourth-order valence-corrected chi connectivity index (χ4v) is 2.65. The van der Waals surface area contributed by atoms with Crippen molar-refractivity contribution in [2.24, 2.45) is 4.99 Å². The topological polar surface area (TPSA) is 45.7 Å². The molecule has 3 rings (SSSR count). The van der Waals surface area contributed by atoms with E-state index in [0.717, 1.165) is 24.2 Å². The average Bonchev–Trinajstić information content (AvgIpc) is 2.60. The maximum atomic E-state index is 13.7. The highest BCUT2D eigenvalue weighted by Crippen LogP contribution is 2.27. The van der Waals surface area contributed by atoms with Gasteiger partial charge in [0.05, 0.1) is 6.10 Å². The Morgan fingerprint density at radius 2 is 1.68 bits per heavy atom. The van der Waals surface area contributed by atoms with Crippen LogP contribution < -0.4 is 15.4 Å². The minimum atomic E-state index is -0.218. The summed E-state index contributed by atoms with van der Waals surface area (Å²) in [7, 11) is 1.70. The first-order valence-electron chi connectivity index (χ1n) is 8.69. The Morgan fingerprint density at radius 1 is 1.04 bits per heavy atom. The van der Waals surface area contributed by atoms with Gasteiger partial charge in [0.2, 0.25) is 0 Å². The number of rotatable bonds is 6. The Morgan fingerprint density at radius 3 is 2.32 bits per heavy atom. The molecule has 0 amide bonds. The zero-order valence-electron chi connectivity index (χ0n) is 14.5. The van der Waals surface area contributed by atoms with E-state index in [1.807, 2.05) is 30.3 Å². The van der Waals surface area contributed by atoms with Gasteiger partial charge in [0, 0.05) is 31.3 Å². The lowest BCUT2D eigenvalue weighted by molar-refractivity contribution is 0.119. The van der Waals surface area contributed by atoms with Crippen molar-refractivity contribution in [2.75, 3.05) is 7.05 Å². The van der Waals surface area contributed by atoms with Crippen LogP contribution in [0, 0.1) is 5.82 Å². The van der Waals surface area contributed by atoms with Crippen LogP contribution >= 0.6 is 0 Å². The highest BCUT2D eigenvalue weighted by Gasteiger charge is 2.20. The van der Waals surface area contributed by atoms with Gasteiger partial charge in [-0.15, -0.1) is 0 Å². The number of benzene rings is 2. The fourth-order valence-electron chi connectivity index (χ4n) is 2.65. The average molecular weight is 341 g/mol. The third-order valence-corrected chi connectivity index (χ3v) is 4.39. The van der Waals surface area contributed by atoms with Crippen molar-refractivity contribution in [1.82, 2.24) is 10.6 Å². The number of hydrogen-bond acceptors (Lipinski definition) is 2. The van der Waals surface area contributed by atoms with E-state index in [-0.39, 0.29) is 5.82 Å². The summed E-state index contributed by atoms with van der Waals surface area (Å²) in [5, 5.41) is 6.40. The molecule has 1 saturated carbocycles. The lowest BCUT2D eigenvalue weighted by Gasteiger charge is -2.27. The molecule has 2 N–H and O–H groups in total. The van der Waals surface area contributed by atoms with Crippen molar-refractivity contribution < 1.29 is 9.13 Å². The maximum Gasteiger partial charge on any atom is 0.191 e. The zero-order chi connectivity index (χ0) is 17.5. The molecule has 1 aliphatic carbocycles. The predicted octanol–water partition coefficient (Wildman–Crippen LogP) is 3.62. The number of aliphatic imine (C=N–C) groups is 1. The second-order valence-electron chi connectivity index (χ2n) is 6.15. The summed E-state index contributed by atoms with van der Waals surface area (Å²) in [6.07, 6.45) is 3.86. The third kappa shape index (κ3) is 4.72. The maximum absolute atomic E-state index is 13.7. The summed E-state index contributed by atoms with van der Waals surface area (Å²) < 4.78 is 19.7. The van der Waals surface area contributed by atoms with Gasteiger partial charge in [0.15, 0.2) is 5.96 Å². The molecule has 2 aromatic rings. The summed E-state index contributed by atoms with van der Waals surface area (Å²) in [5.74, 6) is 1.33. The number of ether oxygens (including phenoxy) is 1. The molecular weight excluding hydrogens is 317 g/mol. The van der Waals surface area contributed by atoms with Gasteiger partial charge in [-0.2, -0.15) is 0 Å². The molecule has 1 fully saturated rings. The van der Waals surface area contributed by atoms with Crippen LogP contribution in [0.4, 0.5) is 4.39 Å². The van der Waals surface area contributed by atoms with Crippen molar-refractivity contribution in [3.05, 3.63) is 65.5 Å². The number of para-hydroxylation sites is 1. The van der Waals surface area contributed by atoms with Crippen molar-refractivity contribution in [3.63, 3.8) is 0 Å². The van der Waals surface area contributed by atoms with E-state index in [0.29, 0.717) is 30.7 Å². The SMILES string of the molecule is CN=C(NCc1ccccc1F)NCc1ccccc1OC1CCC1. The molecule has 0 saturated heterocycles. The van der Waals surface area contributed by atoms with Crippen LogP contribution in [-0.4, -0.2) is 19.1 Å². The largest absolute Gasteiger partial charge is 0.490 e. The standard InChI is InChI=1S/C20H24FN3O/c1-22-20(23-13-15-7-2-4-11-18(15)21)24-14-16-8-3-5-12-19(16)25-17-9-6-10-17/h2-5,7-8,11-12,17H,6,9-10,13-14H2,1H3,(H2,22,23,24). The molecule has 0 heterocycles. The number of guanidine groups is 1. The van der Waals surface area contributed by atoms with Gasteiger partial charge >= 0.3 is 0 Å². The molecular formula is C20H24FN3O. The first kappa shape index (κ1) is 17.3. The van der Waals surface area contributed by atoms with Crippen LogP contribution in [0.2, 0.25) is 0 Å². The van der Waals surface area contributed by atoms with Gasteiger partial charge < -0.3 is 15.4 Å². The number of nitrogens with zero attached hydrogens (tertiary/aromatic N) is 1. The fraction of sp³-hybridized carbons (Fsp3) is 0.350. The number of nitrogens with one attached hydrogen (secondary N) is 2. The molecule has 0 aliphatic heterocycles. The van der Waals surface area contributed by atoms with E-state index < -0.39 is 0 Å². The van der Waals surface area contributed by atoms with Crippen LogP contribution in [0.1, 0.15) is 30.4 Å². The Labute approximate surface area is 148 Å². The second-order valence-corrected chi connectivity index (χ2v) is 6.15. The Kier molecular flexibility index (Phi) is 5.88. The quantitative estimate of drug-likeness (QED) is 0.623. The van der Waals surface area contributed by atoms with Crippen LogP contribution in [0.15, 0.2) is 53.5 Å².